The van der Waals surface area contributed by atoms with E-state index >= 15 is 0 Å². The fourth-order valence-electron chi connectivity index (χ4n) is 5.25. The van der Waals surface area contributed by atoms with E-state index in [1.54, 1.807) is 0 Å². The number of benzene rings is 2. The topological polar surface area (TPSA) is 92.5 Å². The van der Waals surface area contributed by atoms with E-state index in [9.17, 15) is 18.3 Å². The fourth-order valence-corrected chi connectivity index (χ4v) is 6.93. The standard InChI is InChI=1S/C24H27N3O4S/c1-16-9-10-19-20(26(16)24(28)29)11-12-21-23(19)25-22(14-17-6-3-2-4-7-17)27(21)18-8-5-13-32(30,31)15-18/h2-4,6-7,11-12,16,18H,5,8-10,13-15H2,1H3,(H,28,29)/t16?,18-/m1/s1. The quantitative estimate of drug-likeness (QED) is 0.642. The maximum Gasteiger partial charge on any atom is 0.412 e. The minimum atomic E-state index is -3.10. The normalized spacial score (nSPS) is 22.6. The van der Waals surface area contributed by atoms with Crippen LogP contribution in [-0.4, -0.2) is 46.7 Å². The van der Waals surface area contributed by atoms with Gasteiger partial charge in [-0.25, -0.2) is 18.2 Å². The van der Waals surface area contributed by atoms with Crippen LogP contribution in [0.25, 0.3) is 11.0 Å². The molecular weight excluding hydrogens is 426 g/mol. The van der Waals surface area contributed by atoms with Crippen LogP contribution >= 0.6 is 0 Å². The van der Waals surface area contributed by atoms with Gasteiger partial charge < -0.3 is 9.67 Å². The van der Waals surface area contributed by atoms with Crippen LogP contribution in [0.5, 0.6) is 0 Å². The second-order valence-corrected chi connectivity index (χ2v) is 11.2. The van der Waals surface area contributed by atoms with E-state index in [1.165, 1.54) is 4.90 Å². The number of sulfone groups is 1. The van der Waals surface area contributed by atoms with Gasteiger partial charge in [0.15, 0.2) is 9.84 Å². The van der Waals surface area contributed by atoms with Crippen molar-refractivity contribution in [1.82, 2.24) is 9.55 Å². The lowest BCUT2D eigenvalue weighted by Gasteiger charge is -2.33. The summed E-state index contributed by atoms with van der Waals surface area (Å²) in [6.45, 7) is 1.92. The van der Waals surface area contributed by atoms with Crippen molar-refractivity contribution in [2.75, 3.05) is 16.4 Å². The molecule has 168 valence electrons. The number of rotatable bonds is 3. The minimum Gasteiger partial charge on any atom is -0.465 e. The number of carbonyl (C=O) groups is 1. The van der Waals surface area contributed by atoms with E-state index < -0.39 is 15.9 Å². The van der Waals surface area contributed by atoms with Gasteiger partial charge in [0.25, 0.3) is 0 Å². The lowest BCUT2D eigenvalue weighted by molar-refractivity contribution is 0.198. The zero-order valence-electron chi connectivity index (χ0n) is 18.1. The monoisotopic (exact) mass is 453 g/mol. The zero-order chi connectivity index (χ0) is 22.5. The Morgan fingerprint density at radius 1 is 1.16 bits per heavy atom. The molecule has 7 nitrogen and oxygen atoms in total. The summed E-state index contributed by atoms with van der Waals surface area (Å²) in [6, 6.07) is 13.6. The third kappa shape index (κ3) is 3.66. The Hall–Kier alpha value is -2.87. The van der Waals surface area contributed by atoms with Gasteiger partial charge in [-0.3, -0.25) is 4.90 Å². The molecule has 5 rings (SSSR count). The lowest BCUT2D eigenvalue weighted by Crippen LogP contribution is -2.41. The molecule has 1 N–H and O–H groups in total. The first-order valence-electron chi connectivity index (χ1n) is 11.1. The highest BCUT2D eigenvalue weighted by atomic mass is 32.2. The average molecular weight is 454 g/mol. The predicted molar refractivity (Wildman–Crippen MR) is 124 cm³/mol. The maximum absolute atomic E-state index is 12.4. The number of amides is 1. The molecule has 0 spiro atoms. The van der Waals surface area contributed by atoms with Crippen molar-refractivity contribution in [2.24, 2.45) is 0 Å². The van der Waals surface area contributed by atoms with Gasteiger partial charge in [-0.15, -0.1) is 0 Å². The third-order valence-electron chi connectivity index (χ3n) is 6.74. The molecule has 8 heteroatoms. The van der Waals surface area contributed by atoms with Gasteiger partial charge in [0, 0.05) is 24.1 Å². The Kier molecular flexibility index (Phi) is 5.20. The van der Waals surface area contributed by atoms with Gasteiger partial charge in [0.1, 0.15) is 5.82 Å². The Morgan fingerprint density at radius 2 is 1.94 bits per heavy atom. The number of aryl methyl sites for hydroxylation is 1. The summed E-state index contributed by atoms with van der Waals surface area (Å²) in [6.07, 6.45) is 2.56. The van der Waals surface area contributed by atoms with Crippen LogP contribution < -0.4 is 4.90 Å². The van der Waals surface area contributed by atoms with Crippen molar-refractivity contribution in [1.29, 1.82) is 0 Å². The van der Waals surface area contributed by atoms with Crippen LogP contribution in [0.3, 0.4) is 0 Å². The average Bonchev–Trinajstić information content (AvgIpc) is 3.11. The summed E-state index contributed by atoms with van der Waals surface area (Å²) < 4.78 is 27.0. The predicted octanol–water partition coefficient (Wildman–Crippen LogP) is 4.20. The van der Waals surface area contributed by atoms with Gasteiger partial charge in [-0.1, -0.05) is 30.3 Å². The fraction of sp³-hybridized carbons (Fsp3) is 0.417. The highest BCUT2D eigenvalue weighted by Gasteiger charge is 2.33. The van der Waals surface area contributed by atoms with Crippen LogP contribution in [0.15, 0.2) is 42.5 Å². The van der Waals surface area contributed by atoms with E-state index in [1.807, 2.05) is 49.4 Å². The van der Waals surface area contributed by atoms with Crippen molar-refractivity contribution in [3.8, 4) is 0 Å². The Balaban J connectivity index is 1.69. The number of carboxylic acid groups (broad SMARTS) is 1. The molecule has 2 aromatic carbocycles. The first-order valence-corrected chi connectivity index (χ1v) is 13.0. The number of fused-ring (bicyclic) bond motifs is 3. The second kappa shape index (κ2) is 7.92. The smallest absolute Gasteiger partial charge is 0.412 e. The first kappa shape index (κ1) is 21.0. The van der Waals surface area contributed by atoms with Gasteiger partial charge in [0.2, 0.25) is 0 Å². The largest absolute Gasteiger partial charge is 0.465 e. The van der Waals surface area contributed by atoms with E-state index in [0.29, 0.717) is 18.5 Å². The highest BCUT2D eigenvalue weighted by molar-refractivity contribution is 7.91. The van der Waals surface area contributed by atoms with E-state index in [4.69, 9.17) is 4.98 Å². The van der Waals surface area contributed by atoms with Crippen LogP contribution in [0.1, 0.15) is 49.2 Å². The van der Waals surface area contributed by atoms with Crippen LogP contribution in [-0.2, 0) is 22.7 Å². The van der Waals surface area contributed by atoms with Crippen molar-refractivity contribution in [3.63, 3.8) is 0 Å². The molecule has 2 aliphatic rings. The summed E-state index contributed by atoms with van der Waals surface area (Å²) in [5, 5.41) is 9.78. The molecule has 1 saturated heterocycles. The molecule has 0 aliphatic carbocycles. The van der Waals surface area contributed by atoms with Crippen LogP contribution in [0.4, 0.5) is 10.5 Å². The number of hydrogen-bond donors (Lipinski definition) is 1. The molecule has 1 fully saturated rings. The van der Waals surface area contributed by atoms with Gasteiger partial charge in [0.05, 0.1) is 28.2 Å². The Bertz CT molecular complexity index is 1280. The van der Waals surface area contributed by atoms with Crippen molar-refractivity contribution < 1.29 is 18.3 Å². The minimum absolute atomic E-state index is 0.0909. The van der Waals surface area contributed by atoms with E-state index in [2.05, 4.69) is 4.57 Å². The summed E-state index contributed by atoms with van der Waals surface area (Å²) in [5.74, 6) is 1.20. The molecule has 2 aliphatic heterocycles. The summed E-state index contributed by atoms with van der Waals surface area (Å²) in [7, 11) is -3.10. The molecule has 32 heavy (non-hydrogen) atoms. The molecule has 0 saturated carbocycles. The zero-order valence-corrected chi connectivity index (χ0v) is 18.9. The number of anilines is 1. The van der Waals surface area contributed by atoms with E-state index in [-0.39, 0.29) is 23.6 Å². The SMILES string of the molecule is CC1CCc2c(ccc3c2nc(Cc2ccccc2)n3[C@@H]2CCCS(=O)(=O)C2)N1C(=O)O. The highest BCUT2D eigenvalue weighted by Crippen LogP contribution is 2.38. The molecule has 1 aromatic heterocycles. The molecule has 0 radical (unpaired) electrons. The van der Waals surface area contributed by atoms with Crippen molar-refractivity contribution in [2.45, 2.75) is 51.1 Å². The number of nitrogens with zero attached hydrogens (tertiary/aromatic N) is 3. The van der Waals surface area contributed by atoms with Gasteiger partial charge in [-0.2, -0.15) is 0 Å². The number of imidazole rings is 1. The summed E-state index contributed by atoms with van der Waals surface area (Å²) >= 11 is 0. The first-order chi connectivity index (χ1) is 15.3. The molecule has 3 aromatic rings. The van der Waals surface area contributed by atoms with Crippen molar-refractivity contribution in [3.05, 3.63) is 59.4 Å². The molecule has 1 amide bonds. The lowest BCUT2D eigenvalue weighted by atomic mass is 9.95. The number of hydrogen-bond acceptors (Lipinski definition) is 4. The molecular formula is C24H27N3O4S. The van der Waals surface area contributed by atoms with Crippen LogP contribution in [0.2, 0.25) is 0 Å². The van der Waals surface area contributed by atoms with Crippen LogP contribution in [0, 0.1) is 0 Å². The summed E-state index contributed by atoms with van der Waals surface area (Å²) in [5.41, 5.74) is 4.44. The second-order valence-electron chi connectivity index (χ2n) is 8.94. The van der Waals surface area contributed by atoms with Gasteiger partial charge in [-0.05, 0) is 50.3 Å². The third-order valence-corrected chi connectivity index (χ3v) is 8.55. The molecule has 2 atom stereocenters. The van der Waals surface area contributed by atoms with Crippen molar-refractivity contribution >= 4 is 32.7 Å². The molecule has 3 heterocycles. The Morgan fingerprint density at radius 3 is 2.66 bits per heavy atom. The van der Waals surface area contributed by atoms with E-state index in [0.717, 1.165) is 47.2 Å². The Labute approximate surface area is 187 Å². The number of aromatic nitrogens is 2. The molecule has 1 unspecified atom stereocenters. The molecule has 0 bridgehead atoms. The maximum atomic E-state index is 12.4. The summed E-state index contributed by atoms with van der Waals surface area (Å²) in [4.78, 5) is 18.4. The van der Waals surface area contributed by atoms with Gasteiger partial charge >= 0.3 is 6.09 Å².